The Balaban J connectivity index is 1.39. The number of hydrogen-bond acceptors (Lipinski definition) is 5. The predicted octanol–water partition coefficient (Wildman–Crippen LogP) is 4.38. The molecule has 196 valence electrons. The summed E-state index contributed by atoms with van der Waals surface area (Å²) in [5.74, 6) is 0.0504. The summed E-state index contributed by atoms with van der Waals surface area (Å²) in [4.78, 5) is 36.9. The molecule has 1 aromatic carbocycles. The Kier molecular flexibility index (Phi) is 7.08. The van der Waals surface area contributed by atoms with Gasteiger partial charge in [0, 0.05) is 30.1 Å². The van der Waals surface area contributed by atoms with E-state index in [-0.39, 0.29) is 18.4 Å². The number of halogens is 2. The lowest BCUT2D eigenvalue weighted by Crippen LogP contribution is -2.50. The molecule has 2 fully saturated rings. The van der Waals surface area contributed by atoms with Crippen molar-refractivity contribution in [2.24, 2.45) is 5.92 Å². The van der Waals surface area contributed by atoms with Gasteiger partial charge in [-0.25, -0.2) is 18.7 Å². The number of carbonyl (C=O) groups is 2. The molecule has 2 amide bonds. The molecule has 5 rings (SSSR count). The molecule has 3 aromatic rings. The Morgan fingerprint density at radius 2 is 1.97 bits per heavy atom. The van der Waals surface area contributed by atoms with E-state index in [1.807, 2.05) is 0 Å². The fourth-order valence-electron chi connectivity index (χ4n) is 4.89. The van der Waals surface area contributed by atoms with Gasteiger partial charge in [-0.05, 0) is 56.7 Å². The first-order valence-electron chi connectivity index (χ1n) is 12.8. The van der Waals surface area contributed by atoms with Crippen LogP contribution in [0.25, 0.3) is 22.3 Å². The van der Waals surface area contributed by atoms with E-state index < -0.39 is 23.9 Å². The highest BCUT2D eigenvalue weighted by atomic mass is 19.1. The number of fused-ring (bicyclic) bond motifs is 1. The number of aromatic nitrogens is 3. The quantitative estimate of drug-likeness (QED) is 0.416. The van der Waals surface area contributed by atoms with Crippen molar-refractivity contribution < 1.29 is 23.1 Å². The number of hydrogen-bond donors (Lipinski definition) is 3. The van der Waals surface area contributed by atoms with Gasteiger partial charge in [-0.15, -0.1) is 0 Å². The van der Waals surface area contributed by atoms with Crippen LogP contribution in [0.1, 0.15) is 61.5 Å². The number of nitrogens with zero attached hydrogens (tertiary/aromatic N) is 2. The number of nitrogens with one attached hydrogen (secondary N) is 3. The van der Waals surface area contributed by atoms with Crippen LogP contribution in [0, 0.1) is 18.7 Å². The van der Waals surface area contributed by atoms with Gasteiger partial charge in [-0.3, -0.25) is 9.59 Å². The van der Waals surface area contributed by atoms with Crippen molar-refractivity contribution in [3.05, 3.63) is 41.6 Å². The summed E-state index contributed by atoms with van der Waals surface area (Å²) in [5, 5.41) is 5.65. The smallest absolute Gasteiger partial charge is 0.255 e. The average molecular weight is 512 g/mol. The van der Waals surface area contributed by atoms with Gasteiger partial charge in [0.05, 0.1) is 23.7 Å². The highest BCUT2D eigenvalue weighted by Gasteiger charge is 2.33. The number of ether oxygens (including phenoxy) is 1. The van der Waals surface area contributed by atoms with E-state index in [0.717, 1.165) is 12.8 Å². The van der Waals surface area contributed by atoms with Crippen molar-refractivity contribution in [2.45, 2.75) is 70.6 Å². The first kappa shape index (κ1) is 25.1. The largest absolute Gasteiger partial charge is 0.493 e. The van der Waals surface area contributed by atoms with E-state index in [2.05, 4.69) is 25.6 Å². The number of rotatable bonds is 8. The minimum Gasteiger partial charge on any atom is -0.493 e. The van der Waals surface area contributed by atoms with Crippen LogP contribution in [0.15, 0.2) is 24.5 Å². The van der Waals surface area contributed by atoms with Crippen LogP contribution < -0.4 is 15.4 Å². The fraction of sp³-hybridized carbons (Fsp3) is 0.481. The van der Waals surface area contributed by atoms with E-state index in [1.54, 1.807) is 19.9 Å². The van der Waals surface area contributed by atoms with Crippen LogP contribution in [-0.4, -0.2) is 51.6 Å². The van der Waals surface area contributed by atoms with Crippen molar-refractivity contribution in [1.82, 2.24) is 25.6 Å². The van der Waals surface area contributed by atoms with Crippen LogP contribution in [0.2, 0.25) is 0 Å². The molecule has 2 aromatic heterocycles. The minimum atomic E-state index is -1.28. The fourth-order valence-corrected chi connectivity index (χ4v) is 4.89. The lowest BCUT2D eigenvalue weighted by molar-refractivity contribution is -0.121. The Bertz CT molecular complexity index is 1320. The van der Waals surface area contributed by atoms with Crippen LogP contribution in [0.5, 0.6) is 5.75 Å². The zero-order valence-electron chi connectivity index (χ0n) is 20.9. The summed E-state index contributed by atoms with van der Waals surface area (Å²) in [6.45, 7) is 4.04. The van der Waals surface area contributed by atoms with Gasteiger partial charge in [0.1, 0.15) is 35.3 Å². The number of aryl methyl sites for hydroxylation is 1. The highest BCUT2D eigenvalue weighted by molar-refractivity contribution is 6.09. The van der Waals surface area contributed by atoms with Gasteiger partial charge in [0.15, 0.2) is 0 Å². The average Bonchev–Trinajstić information content (AvgIpc) is 3.64. The van der Waals surface area contributed by atoms with Gasteiger partial charge < -0.3 is 20.4 Å². The van der Waals surface area contributed by atoms with E-state index in [4.69, 9.17) is 4.74 Å². The van der Waals surface area contributed by atoms with E-state index in [1.165, 1.54) is 18.5 Å². The molecule has 2 saturated carbocycles. The number of amides is 2. The van der Waals surface area contributed by atoms with E-state index in [9.17, 15) is 18.4 Å². The third-order valence-corrected chi connectivity index (χ3v) is 7.14. The molecule has 0 saturated heterocycles. The zero-order chi connectivity index (χ0) is 26.1. The molecule has 0 bridgehead atoms. The second kappa shape index (κ2) is 10.4. The summed E-state index contributed by atoms with van der Waals surface area (Å²) < 4.78 is 35.1. The maximum atomic E-state index is 14.9. The van der Waals surface area contributed by atoms with Crippen molar-refractivity contribution in [1.29, 1.82) is 0 Å². The van der Waals surface area contributed by atoms with Crippen LogP contribution in [0.4, 0.5) is 8.78 Å². The summed E-state index contributed by atoms with van der Waals surface area (Å²) in [6, 6.07) is 3.40. The highest BCUT2D eigenvalue weighted by Crippen LogP contribution is 2.37. The van der Waals surface area contributed by atoms with Crippen LogP contribution in [-0.2, 0) is 4.79 Å². The SMILES string of the molecule is CCC(=O)N[C@H]1CC[C@H](NC(=O)c2c(C)[nH]c3c(-c4cc(F)ccc4OCC4CC4)ncnc23)[C@H](F)C1. The maximum absolute atomic E-state index is 14.9. The number of benzene rings is 1. The molecular formula is C27H31F2N5O3. The molecule has 10 heteroatoms. The third-order valence-electron chi connectivity index (χ3n) is 7.14. The summed E-state index contributed by atoms with van der Waals surface area (Å²) >= 11 is 0. The molecule has 0 aliphatic heterocycles. The Labute approximate surface area is 213 Å². The molecule has 2 aliphatic carbocycles. The normalized spacial score (nSPS) is 21.6. The standard InChI is InChI=1S/C27H31F2N5O3/c1-3-22(35)33-17-7-8-20(19(29)11-17)34-27(36)23-14(2)32-26-24(30-13-31-25(23)26)18-10-16(28)6-9-21(18)37-12-15-4-5-15/h6,9-10,13,15,17,19-20,32H,3-5,7-8,11-12H2,1-2H3,(H,33,35)(H,34,36)/t17-,19+,20-/m0/s1. The van der Waals surface area contributed by atoms with Gasteiger partial charge in [0.2, 0.25) is 5.91 Å². The molecule has 37 heavy (non-hydrogen) atoms. The van der Waals surface area contributed by atoms with Gasteiger partial charge in [0.25, 0.3) is 5.91 Å². The molecule has 2 heterocycles. The van der Waals surface area contributed by atoms with Gasteiger partial charge in [-0.2, -0.15) is 0 Å². The van der Waals surface area contributed by atoms with Crippen molar-refractivity contribution in [3.63, 3.8) is 0 Å². The molecule has 0 spiro atoms. The van der Waals surface area contributed by atoms with Crippen molar-refractivity contribution in [3.8, 4) is 17.0 Å². The van der Waals surface area contributed by atoms with Crippen LogP contribution in [0.3, 0.4) is 0 Å². The second-order valence-electron chi connectivity index (χ2n) is 9.99. The molecular weight excluding hydrogens is 480 g/mol. The lowest BCUT2D eigenvalue weighted by Gasteiger charge is -2.32. The first-order chi connectivity index (χ1) is 17.8. The van der Waals surface area contributed by atoms with Gasteiger partial charge in [-0.1, -0.05) is 6.92 Å². The number of H-pyrrole nitrogens is 1. The Hall–Kier alpha value is -3.56. The summed E-state index contributed by atoms with van der Waals surface area (Å²) in [6.07, 6.45) is 3.79. The molecule has 3 atom stereocenters. The molecule has 2 aliphatic rings. The van der Waals surface area contributed by atoms with Gasteiger partial charge >= 0.3 is 0 Å². The van der Waals surface area contributed by atoms with Crippen molar-refractivity contribution >= 4 is 22.8 Å². The number of carbonyl (C=O) groups excluding carboxylic acids is 2. The maximum Gasteiger partial charge on any atom is 0.255 e. The lowest BCUT2D eigenvalue weighted by atomic mass is 9.89. The summed E-state index contributed by atoms with van der Waals surface area (Å²) in [7, 11) is 0. The predicted molar refractivity (Wildman–Crippen MR) is 134 cm³/mol. The summed E-state index contributed by atoms with van der Waals surface area (Å²) in [5.41, 5.74) is 2.59. The topological polar surface area (TPSA) is 109 Å². The minimum absolute atomic E-state index is 0.107. The van der Waals surface area contributed by atoms with E-state index in [0.29, 0.717) is 71.1 Å². The molecule has 0 radical (unpaired) electrons. The number of alkyl halides is 1. The molecule has 0 unspecified atom stereocenters. The third kappa shape index (κ3) is 5.42. The Morgan fingerprint density at radius 3 is 2.70 bits per heavy atom. The monoisotopic (exact) mass is 511 g/mol. The van der Waals surface area contributed by atoms with E-state index >= 15 is 0 Å². The van der Waals surface area contributed by atoms with Crippen molar-refractivity contribution in [2.75, 3.05) is 6.61 Å². The first-order valence-corrected chi connectivity index (χ1v) is 12.8. The zero-order valence-corrected chi connectivity index (χ0v) is 20.9. The number of aromatic amines is 1. The molecule has 3 N–H and O–H groups in total. The molecule has 8 nitrogen and oxygen atoms in total. The van der Waals surface area contributed by atoms with Crippen LogP contribution >= 0.6 is 0 Å². The second-order valence-corrected chi connectivity index (χ2v) is 9.99. The Morgan fingerprint density at radius 1 is 1.16 bits per heavy atom.